The Morgan fingerprint density at radius 1 is 1.15 bits per heavy atom. The summed E-state index contributed by atoms with van der Waals surface area (Å²) in [6.45, 7) is 9.19. The number of likely N-dealkylation sites (N-methyl/N-ethyl adjacent to an activating group) is 1. The standard InChI is InChI=1S/C18H24N6O2/c1-3-23-9-11-24(12-10-23)18-21-16(13-19-22-18)20-15-7-5-14(6-8-15)17(25)26-4-2/h5-8,13H,3-4,9-12H2,1-2H3,(H,20,21,22). The molecule has 1 aromatic carbocycles. The van der Waals surface area contributed by atoms with Crippen LogP contribution in [0.25, 0.3) is 0 Å². The first kappa shape index (κ1) is 18.1. The van der Waals surface area contributed by atoms with E-state index in [9.17, 15) is 4.79 Å². The highest BCUT2D eigenvalue weighted by Gasteiger charge is 2.18. The van der Waals surface area contributed by atoms with E-state index in [1.807, 2.05) is 12.1 Å². The van der Waals surface area contributed by atoms with Gasteiger partial charge in [-0.3, -0.25) is 0 Å². The van der Waals surface area contributed by atoms with Crippen LogP contribution >= 0.6 is 0 Å². The third-order valence-corrected chi connectivity index (χ3v) is 4.32. The lowest BCUT2D eigenvalue weighted by molar-refractivity contribution is 0.0526. The SMILES string of the molecule is CCOC(=O)c1ccc(Nc2cnnc(N3CCN(CC)CC3)n2)cc1. The van der Waals surface area contributed by atoms with Gasteiger partial charge >= 0.3 is 5.97 Å². The van der Waals surface area contributed by atoms with E-state index in [2.05, 4.69) is 37.2 Å². The van der Waals surface area contributed by atoms with Crippen molar-refractivity contribution in [1.29, 1.82) is 0 Å². The summed E-state index contributed by atoms with van der Waals surface area (Å²) in [7, 11) is 0. The zero-order valence-corrected chi connectivity index (χ0v) is 15.2. The molecule has 0 unspecified atom stereocenters. The predicted octanol–water partition coefficient (Wildman–Crippen LogP) is 1.93. The molecule has 0 spiro atoms. The van der Waals surface area contributed by atoms with E-state index in [1.165, 1.54) is 0 Å². The number of esters is 1. The van der Waals surface area contributed by atoms with Crippen LogP contribution in [-0.2, 0) is 4.74 Å². The van der Waals surface area contributed by atoms with Crippen molar-refractivity contribution in [3.8, 4) is 0 Å². The van der Waals surface area contributed by atoms with E-state index < -0.39 is 0 Å². The quantitative estimate of drug-likeness (QED) is 0.786. The lowest BCUT2D eigenvalue weighted by atomic mass is 10.2. The molecule has 1 N–H and O–H groups in total. The molecule has 1 aliphatic heterocycles. The van der Waals surface area contributed by atoms with Gasteiger partial charge in [0, 0.05) is 31.9 Å². The van der Waals surface area contributed by atoms with E-state index in [0.29, 0.717) is 23.9 Å². The molecule has 1 fully saturated rings. The summed E-state index contributed by atoms with van der Waals surface area (Å²) in [5.74, 6) is 0.932. The number of ether oxygens (including phenoxy) is 1. The number of anilines is 3. The molecule has 0 atom stereocenters. The fourth-order valence-electron chi connectivity index (χ4n) is 2.80. The van der Waals surface area contributed by atoms with Crippen LogP contribution in [0.15, 0.2) is 30.5 Å². The van der Waals surface area contributed by atoms with Crippen LogP contribution in [0.1, 0.15) is 24.2 Å². The zero-order chi connectivity index (χ0) is 18.4. The molecule has 138 valence electrons. The van der Waals surface area contributed by atoms with Crippen molar-refractivity contribution in [2.24, 2.45) is 0 Å². The monoisotopic (exact) mass is 356 g/mol. The average Bonchev–Trinajstić information content (AvgIpc) is 2.69. The van der Waals surface area contributed by atoms with Crippen LogP contribution in [0, 0.1) is 0 Å². The minimum absolute atomic E-state index is 0.323. The maximum atomic E-state index is 11.7. The Morgan fingerprint density at radius 3 is 2.54 bits per heavy atom. The highest BCUT2D eigenvalue weighted by atomic mass is 16.5. The van der Waals surface area contributed by atoms with E-state index >= 15 is 0 Å². The van der Waals surface area contributed by atoms with Gasteiger partial charge in [0.15, 0.2) is 5.82 Å². The summed E-state index contributed by atoms with van der Waals surface area (Å²) >= 11 is 0. The average molecular weight is 356 g/mol. The van der Waals surface area contributed by atoms with Crippen molar-refractivity contribution < 1.29 is 9.53 Å². The first-order valence-electron chi connectivity index (χ1n) is 8.90. The van der Waals surface area contributed by atoms with Crippen molar-refractivity contribution in [2.45, 2.75) is 13.8 Å². The van der Waals surface area contributed by atoms with E-state index in [-0.39, 0.29) is 5.97 Å². The Balaban J connectivity index is 1.64. The fourth-order valence-corrected chi connectivity index (χ4v) is 2.80. The third kappa shape index (κ3) is 4.45. The lowest BCUT2D eigenvalue weighted by Crippen LogP contribution is -2.46. The Morgan fingerprint density at radius 2 is 1.88 bits per heavy atom. The van der Waals surface area contributed by atoms with Crippen molar-refractivity contribution in [1.82, 2.24) is 20.1 Å². The van der Waals surface area contributed by atoms with Crippen molar-refractivity contribution >= 4 is 23.4 Å². The fraction of sp³-hybridized carbons (Fsp3) is 0.444. The van der Waals surface area contributed by atoms with Crippen LogP contribution in [0.4, 0.5) is 17.5 Å². The van der Waals surface area contributed by atoms with Gasteiger partial charge in [-0.2, -0.15) is 10.1 Å². The molecule has 2 aromatic rings. The number of carbonyl (C=O) groups excluding carboxylic acids is 1. The highest BCUT2D eigenvalue weighted by Crippen LogP contribution is 2.17. The molecule has 1 saturated heterocycles. The molecule has 0 saturated carbocycles. The molecule has 0 bridgehead atoms. The van der Waals surface area contributed by atoms with Gasteiger partial charge in [-0.25, -0.2) is 4.79 Å². The summed E-state index contributed by atoms with van der Waals surface area (Å²) in [6, 6.07) is 7.07. The molecular weight excluding hydrogens is 332 g/mol. The molecule has 0 radical (unpaired) electrons. The molecule has 8 nitrogen and oxygen atoms in total. The number of nitrogens with one attached hydrogen (secondary N) is 1. The van der Waals surface area contributed by atoms with Gasteiger partial charge in [0.1, 0.15) is 0 Å². The summed E-state index contributed by atoms with van der Waals surface area (Å²) in [5, 5.41) is 11.4. The van der Waals surface area contributed by atoms with Gasteiger partial charge in [-0.05, 0) is 37.7 Å². The van der Waals surface area contributed by atoms with Crippen LogP contribution in [0.3, 0.4) is 0 Å². The van der Waals surface area contributed by atoms with Crippen molar-refractivity contribution in [2.75, 3.05) is 49.5 Å². The van der Waals surface area contributed by atoms with Crippen LogP contribution in [0.5, 0.6) is 0 Å². The molecule has 1 aliphatic rings. The van der Waals surface area contributed by atoms with Gasteiger partial charge in [-0.15, -0.1) is 5.10 Å². The largest absolute Gasteiger partial charge is 0.462 e. The summed E-state index contributed by atoms with van der Waals surface area (Å²) in [6.07, 6.45) is 1.59. The topological polar surface area (TPSA) is 83.5 Å². The van der Waals surface area contributed by atoms with E-state index in [0.717, 1.165) is 38.4 Å². The van der Waals surface area contributed by atoms with Crippen LogP contribution in [-0.4, -0.2) is 65.4 Å². The molecule has 26 heavy (non-hydrogen) atoms. The van der Waals surface area contributed by atoms with Gasteiger partial charge in [-0.1, -0.05) is 6.92 Å². The Bertz CT molecular complexity index is 729. The number of hydrogen-bond donors (Lipinski definition) is 1. The number of hydrogen-bond acceptors (Lipinski definition) is 8. The minimum Gasteiger partial charge on any atom is -0.462 e. The van der Waals surface area contributed by atoms with Gasteiger partial charge in [0.05, 0.1) is 18.4 Å². The molecule has 1 aromatic heterocycles. The number of aromatic nitrogens is 3. The molecule has 8 heteroatoms. The molecular formula is C18H24N6O2. The predicted molar refractivity (Wildman–Crippen MR) is 99.8 cm³/mol. The molecule has 0 amide bonds. The summed E-state index contributed by atoms with van der Waals surface area (Å²) in [5.41, 5.74) is 1.34. The van der Waals surface area contributed by atoms with Gasteiger partial charge in [0.2, 0.25) is 5.95 Å². The maximum absolute atomic E-state index is 11.7. The second-order valence-electron chi connectivity index (χ2n) is 5.99. The van der Waals surface area contributed by atoms with Crippen molar-refractivity contribution in [3.63, 3.8) is 0 Å². The van der Waals surface area contributed by atoms with Crippen LogP contribution < -0.4 is 10.2 Å². The first-order chi connectivity index (χ1) is 12.7. The number of rotatable bonds is 6. The minimum atomic E-state index is -0.323. The molecule has 0 aliphatic carbocycles. The number of nitrogens with zero attached hydrogens (tertiary/aromatic N) is 5. The zero-order valence-electron chi connectivity index (χ0n) is 15.2. The molecule has 2 heterocycles. The second-order valence-corrected chi connectivity index (χ2v) is 5.99. The Labute approximate surface area is 153 Å². The van der Waals surface area contributed by atoms with Crippen molar-refractivity contribution in [3.05, 3.63) is 36.0 Å². The Hall–Kier alpha value is -2.74. The van der Waals surface area contributed by atoms with Gasteiger partial charge in [0.25, 0.3) is 0 Å². The third-order valence-electron chi connectivity index (χ3n) is 4.32. The first-order valence-corrected chi connectivity index (χ1v) is 8.90. The van der Waals surface area contributed by atoms with E-state index in [4.69, 9.17) is 4.74 Å². The normalized spacial score (nSPS) is 14.9. The lowest BCUT2D eigenvalue weighted by Gasteiger charge is -2.33. The second kappa shape index (κ2) is 8.57. The maximum Gasteiger partial charge on any atom is 0.338 e. The van der Waals surface area contributed by atoms with Crippen LogP contribution in [0.2, 0.25) is 0 Å². The smallest absolute Gasteiger partial charge is 0.338 e. The summed E-state index contributed by atoms with van der Waals surface area (Å²) < 4.78 is 4.99. The number of benzene rings is 1. The van der Waals surface area contributed by atoms with E-state index in [1.54, 1.807) is 25.3 Å². The Kier molecular flexibility index (Phi) is 5.96. The van der Waals surface area contributed by atoms with Gasteiger partial charge < -0.3 is 19.9 Å². The summed E-state index contributed by atoms with van der Waals surface area (Å²) in [4.78, 5) is 20.8. The molecule has 3 rings (SSSR count). The number of carbonyl (C=O) groups is 1. The highest BCUT2D eigenvalue weighted by molar-refractivity contribution is 5.89. The number of piperazine rings is 1.